The SMILES string of the molecule is CS(=O)(=O)c1ccc(-c2cnc3ccc(-c4cn[nH]c4C(=O)N4CCOCC4)cn23)s1. The van der Waals surface area contributed by atoms with Gasteiger partial charge in [-0.2, -0.15) is 5.10 Å². The normalized spacial score (nSPS) is 14.9. The van der Waals surface area contributed by atoms with Crippen molar-refractivity contribution in [2.75, 3.05) is 32.6 Å². The topological polar surface area (TPSA) is 110 Å². The number of aromatic nitrogens is 4. The Kier molecular flexibility index (Phi) is 4.88. The van der Waals surface area contributed by atoms with Gasteiger partial charge in [0, 0.05) is 36.7 Å². The van der Waals surface area contributed by atoms with Gasteiger partial charge in [0.05, 0.1) is 36.2 Å². The smallest absolute Gasteiger partial charge is 0.272 e. The number of nitrogens with zero attached hydrogens (tertiary/aromatic N) is 4. The minimum atomic E-state index is -3.27. The number of hydrogen-bond acceptors (Lipinski definition) is 7. The highest BCUT2D eigenvalue weighted by molar-refractivity contribution is 7.92. The summed E-state index contributed by atoms with van der Waals surface area (Å²) in [5.41, 5.74) is 3.43. The Labute approximate surface area is 182 Å². The van der Waals surface area contributed by atoms with Crippen LogP contribution in [0.15, 0.2) is 47.1 Å². The summed E-state index contributed by atoms with van der Waals surface area (Å²) in [6, 6.07) is 7.14. The number of rotatable bonds is 4. The molecule has 0 unspecified atom stereocenters. The molecule has 11 heteroatoms. The molecule has 0 spiro atoms. The van der Waals surface area contributed by atoms with Crippen LogP contribution in [0.5, 0.6) is 0 Å². The lowest BCUT2D eigenvalue weighted by molar-refractivity contribution is 0.0299. The molecule has 0 radical (unpaired) electrons. The number of imidazole rings is 1. The number of sulfone groups is 1. The number of fused-ring (bicyclic) bond motifs is 1. The molecule has 4 aromatic rings. The molecule has 5 heterocycles. The minimum absolute atomic E-state index is 0.113. The highest BCUT2D eigenvalue weighted by Crippen LogP contribution is 2.32. The molecule has 0 bridgehead atoms. The van der Waals surface area contributed by atoms with E-state index in [4.69, 9.17) is 4.74 Å². The van der Waals surface area contributed by atoms with E-state index < -0.39 is 9.84 Å². The number of thiophene rings is 1. The van der Waals surface area contributed by atoms with Gasteiger partial charge in [-0.1, -0.05) is 0 Å². The second-order valence-electron chi connectivity index (χ2n) is 7.24. The lowest BCUT2D eigenvalue weighted by atomic mass is 10.1. The van der Waals surface area contributed by atoms with Crippen LogP contribution < -0.4 is 0 Å². The first kappa shape index (κ1) is 19.9. The average Bonchev–Trinajstić information content (AvgIpc) is 3.51. The van der Waals surface area contributed by atoms with Crippen LogP contribution in [0.4, 0.5) is 0 Å². The molecule has 0 aliphatic carbocycles. The van der Waals surface area contributed by atoms with Crippen LogP contribution in [-0.4, -0.2) is 71.4 Å². The molecule has 5 rings (SSSR count). The molecule has 1 aliphatic heterocycles. The predicted octanol–water partition coefficient (Wildman–Crippen LogP) is 2.33. The van der Waals surface area contributed by atoms with Gasteiger partial charge in [0.2, 0.25) is 0 Å². The number of carbonyl (C=O) groups excluding carboxylic acids is 1. The molecular weight excluding hydrogens is 438 g/mol. The zero-order valence-electron chi connectivity index (χ0n) is 16.6. The number of nitrogens with one attached hydrogen (secondary N) is 1. The van der Waals surface area contributed by atoms with Gasteiger partial charge in [-0.3, -0.25) is 14.3 Å². The van der Waals surface area contributed by atoms with Gasteiger partial charge in [0.1, 0.15) is 15.6 Å². The summed E-state index contributed by atoms with van der Waals surface area (Å²) in [6.45, 7) is 2.14. The van der Waals surface area contributed by atoms with E-state index in [1.165, 1.54) is 17.6 Å². The van der Waals surface area contributed by atoms with Crippen LogP contribution in [0.2, 0.25) is 0 Å². The average molecular weight is 458 g/mol. The number of ether oxygens (including phenoxy) is 1. The number of amides is 1. The van der Waals surface area contributed by atoms with Crippen molar-refractivity contribution in [2.24, 2.45) is 0 Å². The third-order valence-corrected chi connectivity index (χ3v) is 8.09. The standard InChI is InChI=1S/C20H19N5O4S2/c1-31(27,28)18-5-3-16(30-18)15-11-21-17-4-2-13(12-25(15)17)14-10-22-23-19(14)20(26)24-6-8-29-9-7-24/h2-5,10-12H,6-9H2,1H3,(H,22,23). The van der Waals surface area contributed by atoms with Crippen LogP contribution in [0, 0.1) is 0 Å². The second kappa shape index (κ2) is 7.59. The number of aromatic amines is 1. The minimum Gasteiger partial charge on any atom is -0.378 e. The molecule has 1 saturated heterocycles. The lowest BCUT2D eigenvalue weighted by Crippen LogP contribution is -2.41. The third kappa shape index (κ3) is 3.64. The van der Waals surface area contributed by atoms with E-state index in [2.05, 4.69) is 15.2 Å². The van der Waals surface area contributed by atoms with Crippen molar-refractivity contribution in [2.45, 2.75) is 4.21 Å². The summed E-state index contributed by atoms with van der Waals surface area (Å²) in [5.74, 6) is -0.113. The maximum atomic E-state index is 13.0. The maximum absolute atomic E-state index is 13.0. The van der Waals surface area contributed by atoms with Crippen molar-refractivity contribution < 1.29 is 17.9 Å². The molecule has 4 aromatic heterocycles. The van der Waals surface area contributed by atoms with Gasteiger partial charge >= 0.3 is 0 Å². The van der Waals surface area contributed by atoms with Crippen LogP contribution in [-0.2, 0) is 14.6 Å². The molecule has 0 saturated carbocycles. The Hall–Kier alpha value is -3.02. The molecular formula is C20H19N5O4S2. The summed E-state index contributed by atoms with van der Waals surface area (Å²) in [6.07, 6.45) is 6.43. The quantitative estimate of drug-likeness (QED) is 0.504. The van der Waals surface area contributed by atoms with Crippen LogP contribution in [0.3, 0.4) is 0 Å². The highest BCUT2D eigenvalue weighted by Gasteiger charge is 2.24. The monoisotopic (exact) mass is 457 g/mol. The van der Waals surface area contributed by atoms with E-state index in [9.17, 15) is 13.2 Å². The van der Waals surface area contributed by atoms with E-state index in [-0.39, 0.29) is 5.91 Å². The van der Waals surface area contributed by atoms with Crippen molar-refractivity contribution in [3.05, 3.63) is 48.5 Å². The Morgan fingerprint density at radius 3 is 2.71 bits per heavy atom. The zero-order chi connectivity index (χ0) is 21.6. The summed E-state index contributed by atoms with van der Waals surface area (Å²) >= 11 is 1.20. The molecule has 160 valence electrons. The molecule has 1 fully saturated rings. The first-order valence-corrected chi connectivity index (χ1v) is 12.3. The second-order valence-corrected chi connectivity index (χ2v) is 10.6. The van der Waals surface area contributed by atoms with Gasteiger partial charge in [-0.25, -0.2) is 13.4 Å². The van der Waals surface area contributed by atoms with E-state index in [1.807, 2.05) is 22.7 Å². The maximum Gasteiger partial charge on any atom is 0.272 e. The van der Waals surface area contributed by atoms with Crippen LogP contribution in [0.25, 0.3) is 27.3 Å². The summed E-state index contributed by atoms with van der Waals surface area (Å²) < 4.78 is 31.2. The van der Waals surface area contributed by atoms with Crippen LogP contribution in [0.1, 0.15) is 10.5 Å². The van der Waals surface area contributed by atoms with E-state index >= 15 is 0 Å². The Balaban J connectivity index is 1.54. The van der Waals surface area contributed by atoms with Gasteiger partial charge in [-0.15, -0.1) is 11.3 Å². The third-order valence-electron chi connectivity index (χ3n) is 5.17. The summed E-state index contributed by atoms with van der Waals surface area (Å²) in [5, 5.41) is 6.94. The van der Waals surface area contributed by atoms with E-state index in [0.29, 0.717) is 41.8 Å². The largest absolute Gasteiger partial charge is 0.378 e. The van der Waals surface area contributed by atoms with Crippen molar-refractivity contribution in [1.82, 2.24) is 24.5 Å². The van der Waals surface area contributed by atoms with Gasteiger partial charge in [-0.05, 0) is 24.3 Å². The Bertz CT molecular complexity index is 1380. The molecule has 1 amide bonds. The number of hydrogen-bond donors (Lipinski definition) is 1. The van der Waals surface area contributed by atoms with E-state index in [1.54, 1.807) is 29.4 Å². The summed E-state index contributed by atoms with van der Waals surface area (Å²) in [7, 11) is -3.27. The molecule has 31 heavy (non-hydrogen) atoms. The molecule has 1 N–H and O–H groups in total. The van der Waals surface area contributed by atoms with Crippen molar-refractivity contribution in [3.8, 4) is 21.7 Å². The fourth-order valence-electron chi connectivity index (χ4n) is 3.57. The predicted molar refractivity (Wildman–Crippen MR) is 116 cm³/mol. The first-order chi connectivity index (χ1) is 14.9. The fraction of sp³-hybridized carbons (Fsp3) is 0.250. The number of carbonyl (C=O) groups is 1. The molecule has 1 aliphatic rings. The number of morpholine rings is 1. The lowest BCUT2D eigenvalue weighted by Gasteiger charge is -2.26. The number of pyridine rings is 1. The Morgan fingerprint density at radius 1 is 1.16 bits per heavy atom. The van der Waals surface area contributed by atoms with Crippen molar-refractivity contribution in [3.63, 3.8) is 0 Å². The van der Waals surface area contributed by atoms with Gasteiger partial charge < -0.3 is 9.64 Å². The zero-order valence-corrected chi connectivity index (χ0v) is 18.2. The molecule has 0 aromatic carbocycles. The van der Waals surface area contributed by atoms with E-state index in [0.717, 1.165) is 21.8 Å². The van der Waals surface area contributed by atoms with Gasteiger partial charge in [0.15, 0.2) is 9.84 Å². The summed E-state index contributed by atoms with van der Waals surface area (Å²) in [4.78, 5) is 19.9. The first-order valence-electron chi connectivity index (χ1n) is 9.60. The van der Waals surface area contributed by atoms with Crippen molar-refractivity contribution >= 4 is 32.7 Å². The highest BCUT2D eigenvalue weighted by atomic mass is 32.2. The fourth-order valence-corrected chi connectivity index (χ4v) is 5.51. The van der Waals surface area contributed by atoms with Gasteiger partial charge in [0.25, 0.3) is 5.91 Å². The Morgan fingerprint density at radius 2 is 1.97 bits per heavy atom. The van der Waals surface area contributed by atoms with Crippen molar-refractivity contribution in [1.29, 1.82) is 0 Å². The number of H-pyrrole nitrogens is 1. The molecule has 9 nitrogen and oxygen atoms in total. The molecule has 0 atom stereocenters. The van der Waals surface area contributed by atoms with Crippen LogP contribution >= 0.6 is 11.3 Å².